The van der Waals surface area contributed by atoms with Crippen LogP contribution in [0.2, 0.25) is 0 Å². The fourth-order valence-corrected chi connectivity index (χ4v) is 9.40. The summed E-state index contributed by atoms with van der Waals surface area (Å²) in [6, 6.07) is 62.0. The maximum Gasteiger partial charge on any atom is 0.148 e. The molecule has 5 heteroatoms. The third-order valence-electron chi connectivity index (χ3n) is 13.2. The molecule has 320 valence electrons. The number of imidazole rings is 1. The van der Waals surface area contributed by atoms with Crippen molar-refractivity contribution in [2.75, 3.05) is 0 Å². The third kappa shape index (κ3) is 7.94. The molecular formula is C59H52N3OPt-. The average Bonchev–Trinajstić information content (AvgIpc) is 3.71. The number of hydrogen-bond acceptors (Lipinski definition) is 3. The molecule has 0 bridgehead atoms. The number of hydrogen-bond donors (Lipinski definition) is 1. The summed E-state index contributed by atoms with van der Waals surface area (Å²) in [5.41, 5.74) is 17.5. The Bertz CT molecular complexity index is 3120. The largest absolute Gasteiger partial charge is 0.507 e. The first kappa shape index (κ1) is 42.9. The molecule has 1 aliphatic carbocycles. The molecule has 10 rings (SSSR count). The standard InChI is InChI=1S/C59H52N3O.Pt/c1-58(2,3)47-36-43(35-44(37-47)52-38-42(33-34-60-52)39-27-30-46(31-28-39)59(4,5)45-20-10-7-11-21-45)49-24-16-26-54-55(49)61-57(51-32-29-41-19-12-13-23-50(41)56(51)63)62(54)53-25-15-14-22-48(53)40-17-8-6-9-18-40;/h6-11,14-18,20-22,24-34,36-38,63H,12-13,19,23H2,1-5H3;/q-1;. The van der Waals surface area contributed by atoms with Crippen LogP contribution in [0.1, 0.15) is 75.3 Å². The van der Waals surface area contributed by atoms with Crippen molar-refractivity contribution in [1.82, 2.24) is 14.5 Å². The summed E-state index contributed by atoms with van der Waals surface area (Å²) in [4.78, 5) is 10.5. The van der Waals surface area contributed by atoms with Crippen molar-refractivity contribution in [2.24, 2.45) is 0 Å². The fourth-order valence-electron chi connectivity index (χ4n) is 9.40. The number of aromatic hydroxyl groups is 1. The summed E-state index contributed by atoms with van der Waals surface area (Å²) in [6.07, 6.45) is 5.98. The molecule has 4 nitrogen and oxygen atoms in total. The molecular weight excluding hydrogens is 962 g/mol. The van der Waals surface area contributed by atoms with E-state index in [9.17, 15) is 5.11 Å². The molecule has 1 aliphatic rings. The Morgan fingerprint density at radius 2 is 1.23 bits per heavy atom. The van der Waals surface area contributed by atoms with Crippen LogP contribution in [0.3, 0.4) is 0 Å². The molecule has 9 aromatic rings. The molecule has 0 saturated heterocycles. The van der Waals surface area contributed by atoms with E-state index in [-0.39, 0.29) is 31.9 Å². The second-order valence-corrected chi connectivity index (χ2v) is 18.6. The van der Waals surface area contributed by atoms with Gasteiger partial charge in [-0.25, -0.2) is 4.98 Å². The zero-order chi connectivity index (χ0) is 43.3. The van der Waals surface area contributed by atoms with E-state index in [2.05, 4.69) is 209 Å². The van der Waals surface area contributed by atoms with E-state index in [1.165, 1.54) is 22.3 Å². The molecule has 0 radical (unpaired) electrons. The molecule has 0 unspecified atom stereocenters. The molecule has 0 atom stereocenters. The van der Waals surface area contributed by atoms with E-state index in [1.54, 1.807) is 0 Å². The first-order valence-electron chi connectivity index (χ1n) is 22.3. The van der Waals surface area contributed by atoms with E-state index in [1.807, 2.05) is 6.20 Å². The summed E-state index contributed by atoms with van der Waals surface area (Å²) in [5, 5.41) is 12.1. The maximum atomic E-state index is 12.1. The number of aromatic nitrogens is 3. The van der Waals surface area contributed by atoms with Crippen molar-refractivity contribution in [1.29, 1.82) is 0 Å². The number of aryl methyl sites for hydroxylation is 1. The predicted octanol–water partition coefficient (Wildman–Crippen LogP) is 14.8. The van der Waals surface area contributed by atoms with Gasteiger partial charge in [0.1, 0.15) is 11.6 Å². The van der Waals surface area contributed by atoms with Crippen LogP contribution < -0.4 is 0 Å². The molecule has 0 spiro atoms. The van der Waals surface area contributed by atoms with Gasteiger partial charge in [0.2, 0.25) is 0 Å². The molecule has 2 heterocycles. The van der Waals surface area contributed by atoms with Gasteiger partial charge < -0.3 is 5.11 Å². The van der Waals surface area contributed by atoms with Crippen molar-refractivity contribution in [3.8, 4) is 67.5 Å². The monoisotopic (exact) mass is 1010 g/mol. The van der Waals surface area contributed by atoms with Crippen LogP contribution in [0.4, 0.5) is 0 Å². The Labute approximate surface area is 392 Å². The van der Waals surface area contributed by atoms with Gasteiger partial charge in [0.05, 0.1) is 22.3 Å². The van der Waals surface area contributed by atoms with Crippen molar-refractivity contribution < 1.29 is 26.2 Å². The van der Waals surface area contributed by atoms with Crippen molar-refractivity contribution in [3.05, 3.63) is 204 Å². The molecule has 0 fully saturated rings. The quantitative estimate of drug-likeness (QED) is 0.154. The van der Waals surface area contributed by atoms with Crippen LogP contribution in [0.15, 0.2) is 170 Å². The Morgan fingerprint density at radius 3 is 2.00 bits per heavy atom. The Hall–Kier alpha value is -6.35. The van der Waals surface area contributed by atoms with Gasteiger partial charge in [0, 0.05) is 43.9 Å². The van der Waals surface area contributed by atoms with Gasteiger partial charge in [-0.2, -0.15) is 0 Å². The van der Waals surface area contributed by atoms with Crippen molar-refractivity contribution >= 4 is 11.0 Å². The van der Waals surface area contributed by atoms with Crippen molar-refractivity contribution in [2.45, 2.75) is 71.1 Å². The maximum absolute atomic E-state index is 12.1. The Balaban J connectivity index is 0.00000518. The van der Waals surface area contributed by atoms with Gasteiger partial charge in [-0.1, -0.05) is 173 Å². The first-order valence-corrected chi connectivity index (χ1v) is 22.3. The minimum absolute atomic E-state index is 0. The molecule has 64 heavy (non-hydrogen) atoms. The normalized spacial score (nSPS) is 12.8. The van der Waals surface area contributed by atoms with Crippen LogP contribution in [-0.2, 0) is 44.7 Å². The molecule has 0 amide bonds. The van der Waals surface area contributed by atoms with E-state index < -0.39 is 0 Å². The summed E-state index contributed by atoms with van der Waals surface area (Å²) >= 11 is 0. The van der Waals surface area contributed by atoms with Crippen molar-refractivity contribution in [3.63, 3.8) is 0 Å². The zero-order valence-electron chi connectivity index (χ0n) is 37.1. The smallest absolute Gasteiger partial charge is 0.148 e. The number of nitrogens with zero attached hydrogens (tertiary/aromatic N) is 3. The van der Waals surface area contributed by atoms with E-state index in [0.29, 0.717) is 11.6 Å². The van der Waals surface area contributed by atoms with Crippen LogP contribution >= 0.6 is 0 Å². The minimum Gasteiger partial charge on any atom is -0.507 e. The number of phenols is 1. The van der Waals surface area contributed by atoms with E-state index in [0.717, 1.165) is 98.2 Å². The number of fused-ring (bicyclic) bond motifs is 2. The van der Waals surface area contributed by atoms with E-state index >= 15 is 0 Å². The molecule has 2 aromatic heterocycles. The Morgan fingerprint density at radius 1 is 0.562 bits per heavy atom. The molecule has 0 saturated carbocycles. The number of benzene rings is 7. The summed E-state index contributed by atoms with van der Waals surface area (Å²) in [7, 11) is 0. The van der Waals surface area contributed by atoms with E-state index in [4.69, 9.17) is 9.97 Å². The minimum atomic E-state index is -0.153. The summed E-state index contributed by atoms with van der Waals surface area (Å²) < 4.78 is 2.25. The molecule has 7 aromatic carbocycles. The fraction of sp³-hybridized carbons (Fsp3) is 0.186. The first-order chi connectivity index (χ1) is 30.5. The number of pyridine rings is 1. The summed E-state index contributed by atoms with van der Waals surface area (Å²) in [6.45, 7) is 11.3. The molecule has 1 N–H and O–H groups in total. The third-order valence-corrected chi connectivity index (χ3v) is 13.2. The molecule has 0 aliphatic heterocycles. The Kier molecular flexibility index (Phi) is 11.6. The second-order valence-electron chi connectivity index (χ2n) is 18.6. The number of rotatable bonds is 8. The predicted molar refractivity (Wildman–Crippen MR) is 260 cm³/mol. The van der Waals surface area contributed by atoms with Crippen LogP contribution in [0, 0.1) is 6.07 Å². The number of phenolic OH excluding ortho intramolecular Hbond substituents is 1. The van der Waals surface area contributed by atoms with Gasteiger partial charge in [-0.15, -0.1) is 29.3 Å². The average molecular weight is 1010 g/mol. The van der Waals surface area contributed by atoms with Gasteiger partial charge in [-0.05, 0) is 94.3 Å². The van der Waals surface area contributed by atoms with Gasteiger partial charge in [0.25, 0.3) is 0 Å². The van der Waals surface area contributed by atoms with Crippen LogP contribution in [-0.4, -0.2) is 19.6 Å². The van der Waals surface area contributed by atoms with Gasteiger partial charge in [-0.3, -0.25) is 9.55 Å². The topological polar surface area (TPSA) is 50.9 Å². The second kappa shape index (κ2) is 17.3. The SMILES string of the molecule is CC(C)(C)c1cc(-c2cc(-c3ccc(C(C)(C)c4ccccc4)cc3)ccn2)[c-]c(-c2cccc3c2nc(-c2ccc4c(c2O)CCCC4)n3-c2ccccc2-c2ccccc2)c1.[Pt]. The summed E-state index contributed by atoms with van der Waals surface area (Å²) in [5.74, 6) is 1.05. The van der Waals surface area contributed by atoms with Crippen LogP contribution in [0.5, 0.6) is 5.75 Å². The van der Waals surface area contributed by atoms with Gasteiger partial charge in [0.15, 0.2) is 0 Å². The van der Waals surface area contributed by atoms with Crippen LogP contribution in [0.25, 0.3) is 72.7 Å². The zero-order valence-corrected chi connectivity index (χ0v) is 39.4. The number of para-hydroxylation sites is 2. The van der Waals surface area contributed by atoms with Gasteiger partial charge >= 0.3 is 0 Å².